The highest BCUT2D eigenvalue weighted by Gasteiger charge is 2.11. The third-order valence-electron chi connectivity index (χ3n) is 3.99. The van der Waals surface area contributed by atoms with Crippen LogP contribution in [0.15, 0.2) is 42.3 Å². The summed E-state index contributed by atoms with van der Waals surface area (Å²) in [5, 5.41) is 0. The zero-order chi connectivity index (χ0) is 15.2. The minimum atomic E-state index is 0. The summed E-state index contributed by atoms with van der Waals surface area (Å²) in [6.45, 7) is 4.80. The summed E-state index contributed by atoms with van der Waals surface area (Å²) >= 11 is 0. The lowest BCUT2D eigenvalue weighted by molar-refractivity contribution is 0.177. The molecule has 0 saturated carbocycles. The van der Waals surface area contributed by atoms with Crippen molar-refractivity contribution < 1.29 is 9.47 Å². The SMILES string of the molecule is CN1C=C(C=Cc2ccccc2OCCN2CCCC2)OC1.Cl. The van der Waals surface area contributed by atoms with Crippen LogP contribution in [0.25, 0.3) is 6.08 Å². The van der Waals surface area contributed by atoms with E-state index in [-0.39, 0.29) is 12.4 Å². The zero-order valence-electron chi connectivity index (χ0n) is 13.6. The fraction of sp³-hybridized carbons (Fsp3) is 0.444. The summed E-state index contributed by atoms with van der Waals surface area (Å²) in [5.74, 6) is 1.82. The van der Waals surface area contributed by atoms with E-state index in [4.69, 9.17) is 9.47 Å². The second kappa shape index (κ2) is 8.85. The lowest BCUT2D eigenvalue weighted by atomic mass is 10.2. The van der Waals surface area contributed by atoms with Gasteiger partial charge in [-0.05, 0) is 44.1 Å². The molecule has 0 aromatic heterocycles. The molecular weight excluding hydrogens is 312 g/mol. The van der Waals surface area contributed by atoms with E-state index in [1.807, 2.05) is 42.4 Å². The first-order chi connectivity index (χ1) is 10.8. The Hall–Kier alpha value is -1.65. The highest BCUT2D eigenvalue weighted by atomic mass is 35.5. The number of nitrogens with zero attached hydrogens (tertiary/aromatic N) is 2. The van der Waals surface area contributed by atoms with Crippen molar-refractivity contribution >= 4 is 18.5 Å². The minimum absolute atomic E-state index is 0. The maximum Gasteiger partial charge on any atom is 0.161 e. The van der Waals surface area contributed by atoms with Crippen molar-refractivity contribution in [2.45, 2.75) is 12.8 Å². The van der Waals surface area contributed by atoms with Crippen molar-refractivity contribution in [3.05, 3.63) is 47.9 Å². The molecule has 1 saturated heterocycles. The molecular formula is C18H25ClN2O2. The van der Waals surface area contributed by atoms with Crippen LogP contribution in [0.3, 0.4) is 0 Å². The van der Waals surface area contributed by atoms with Gasteiger partial charge in [0, 0.05) is 25.4 Å². The summed E-state index contributed by atoms with van der Waals surface area (Å²) in [5.41, 5.74) is 1.09. The predicted molar refractivity (Wildman–Crippen MR) is 95.7 cm³/mol. The van der Waals surface area contributed by atoms with Gasteiger partial charge in [0.05, 0.1) is 0 Å². The van der Waals surface area contributed by atoms with Crippen molar-refractivity contribution in [2.24, 2.45) is 0 Å². The van der Waals surface area contributed by atoms with Gasteiger partial charge in [-0.15, -0.1) is 12.4 Å². The van der Waals surface area contributed by atoms with E-state index in [0.717, 1.165) is 30.2 Å². The Balaban J connectivity index is 0.00000192. The topological polar surface area (TPSA) is 24.9 Å². The largest absolute Gasteiger partial charge is 0.492 e. The molecule has 1 fully saturated rings. The van der Waals surface area contributed by atoms with Crippen molar-refractivity contribution in [1.29, 1.82) is 0 Å². The number of benzene rings is 1. The minimum Gasteiger partial charge on any atom is -0.492 e. The summed E-state index contributed by atoms with van der Waals surface area (Å²) < 4.78 is 11.5. The van der Waals surface area contributed by atoms with Gasteiger partial charge in [0.15, 0.2) is 6.73 Å². The van der Waals surface area contributed by atoms with E-state index in [1.165, 1.54) is 25.9 Å². The highest BCUT2D eigenvalue weighted by molar-refractivity contribution is 5.85. The first-order valence-electron chi connectivity index (χ1n) is 7.98. The zero-order valence-corrected chi connectivity index (χ0v) is 14.4. The number of likely N-dealkylation sites (tertiary alicyclic amines) is 1. The first kappa shape index (κ1) is 17.7. The Labute approximate surface area is 144 Å². The Morgan fingerprint density at radius 1 is 1.17 bits per heavy atom. The number of hydrogen-bond acceptors (Lipinski definition) is 4. The van der Waals surface area contributed by atoms with E-state index >= 15 is 0 Å². The molecule has 0 bridgehead atoms. The molecule has 5 heteroatoms. The van der Waals surface area contributed by atoms with Crippen molar-refractivity contribution in [1.82, 2.24) is 9.80 Å². The number of rotatable bonds is 6. The maximum absolute atomic E-state index is 5.97. The van der Waals surface area contributed by atoms with Crippen LogP contribution < -0.4 is 4.74 Å². The van der Waals surface area contributed by atoms with Crippen LogP contribution >= 0.6 is 12.4 Å². The van der Waals surface area contributed by atoms with E-state index < -0.39 is 0 Å². The molecule has 2 aliphatic rings. The normalized spacial score (nSPS) is 18.0. The van der Waals surface area contributed by atoms with Crippen LogP contribution in [0.4, 0.5) is 0 Å². The summed E-state index contributed by atoms with van der Waals surface area (Å²) in [7, 11) is 2.00. The lowest BCUT2D eigenvalue weighted by Crippen LogP contribution is -2.25. The Morgan fingerprint density at radius 2 is 1.96 bits per heavy atom. The smallest absolute Gasteiger partial charge is 0.161 e. The van der Waals surface area contributed by atoms with E-state index in [2.05, 4.69) is 17.0 Å². The summed E-state index contributed by atoms with van der Waals surface area (Å²) in [4.78, 5) is 4.48. The van der Waals surface area contributed by atoms with Gasteiger partial charge in [0.25, 0.3) is 0 Å². The van der Waals surface area contributed by atoms with Crippen molar-refractivity contribution in [2.75, 3.05) is 40.0 Å². The number of halogens is 1. The predicted octanol–water partition coefficient (Wildman–Crippen LogP) is 3.36. The average Bonchev–Trinajstić information content (AvgIpc) is 3.18. The molecule has 23 heavy (non-hydrogen) atoms. The molecule has 0 spiro atoms. The monoisotopic (exact) mass is 336 g/mol. The van der Waals surface area contributed by atoms with Crippen LogP contribution in [0, 0.1) is 0 Å². The first-order valence-corrected chi connectivity index (χ1v) is 7.98. The molecule has 0 radical (unpaired) electrons. The molecule has 4 nitrogen and oxygen atoms in total. The van der Waals surface area contributed by atoms with Crippen LogP contribution in [0.5, 0.6) is 5.75 Å². The van der Waals surface area contributed by atoms with Crippen LogP contribution in [0.1, 0.15) is 18.4 Å². The van der Waals surface area contributed by atoms with E-state index in [1.54, 1.807) is 0 Å². The fourth-order valence-corrected chi connectivity index (χ4v) is 2.77. The molecule has 1 aromatic rings. The molecule has 0 atom stereocenters. The van der Waals surface area contributed by atoms with Gasteiger partial charge < -0.3 is 14.4 Å². The second-order valence-corrected chi connectivity index (χ2v) is 5.83. The average molecular weight is 337 g/mol. The van der Waals surface area contributed by atoms with Crippen LogP contribution in [-0.2, 0) is 4.74 Å². The molecule has 1 aromatic carbocycles. The third-order valence-corrected chi connectivity index (χ3v) is 3.99. The van der Waals surface area contributed by atoms with Crippen molar-refractivity contribution in [3.63, 3.8) is 0 Å². The van der Waals surface area contributed by atoms with Crippen LogP contribution in [0.2, 0.25) is 0 Å². The molecule has 0 aliphatic carbocycles. The third kappa shape index (κ3) is 5.19. The number of hydrogen-bond donors (Lipinski definition) is 0. The molecule has 0 unspecified atom stereocenters. The summed E-state index contributed by atoms with van der Waals surface area (Å²) in [6.07, 6.45) is 8.68. The van der Waals surface area contributed by atoms with Gasteiger partial charge in [0.1, 0.15) is 18.1 Å². The molecule has 3 rings (SSSR count). The molecule has 0 N–H and O–H groups in total. The maximum atomic E-state index is 5.97. The highest BCUT2D eigenvalue weighted by Crippen LogP contribution is 2.21. The van der Waals surface area contributed by atoms with Gasteiger partial charge in [-0.1, -0.05) is 18.2 Å². The van der Waals surface area contributed by atoms with Crippen LogP contribution in [-0.4, -0.2) is 49.8 Å². The Morgan fingerprint density at radius 3 is 2.70 bits per heavy atom. The van der Waals surface area contributed by atoms with E-state index in [0.29, 0.717) is 6.73 Å². The Bertz CT molecular complexity index is 554. The number of ether oxygens (including phenoxy) is 2. The van der Waals surface area contributed by atoms with Gasteiger partial charge >= 0.3 is 0 Å². The summed E-state index contributed by atoms with van der Waals surface area (Å²) in [6, 6.07) is 8.14. The standard InChI is InChI=1S/C18H24N2O2.ClH/c1-19-14-17(22-15-19)9-8-16-6-2-3-7-18(16)21-13-12-20-10-4-5-11-20;/h2-3,6-9,14H,4-5,10-13,15H2,1H3;1H. The molecule has 2 aliphatic heterocycles. The Kier molecular flexibility index (Phi) is 6.81. The number of allylic oxidation sites excluding steroid dienone is 1. The fourth-order valence-electron chi connectivity index (χ4n) is 2.77. The van der Waals surface area contributed by atoms with Crippen molar-refractivity contribution in [3.8, 4) is 5.75 Å². The van der Waals surface area contributed by atoms with Gasteiger partial charge in [-0.25, -0.2) is 0 Å². The molecule has 0 amide bonds. The second-order valence-electron chi connectivity index (χ2n) is 5.83. The number of para-hydroxylation sites is 1. The van der Waals surface area contributed by atoms with Gasteiger partial charge in [-0.2, -0.15) is 0 Å². The quantitative estimate of drug-likeness (QED) is 0.795. The molecule has 126 valence electrons. The van der Waals surface area contributed by atoms with Gasteiger partial charge in [-0.3, -0.25) is 4.90 Å². The van der Waals surface area contributed by atoms with E-state index in [9.17, 15) is 0 Å². The lowest BCUT2D eigenvalue weighted by Gasteiger charge is -2.15. The van der Waals surface area contributed by atoms with Gasteiger partial charge in [0.2, 0.25) is 0 Å². The molecule has 2 heterocycles.